The van der Waals surface area contributed by atoms with Gasteiger partial charge in [-0.05, 0) is 32.9 Å². The van der Waals surface area contributed by atoms with Crippen molar-refractivity contribution >= 4 is 23.5 Å². The Balaban J connectivity index is 1.73. The van der Waals surface area contributed by atoms with Crippen molar-refractivity contribution in [3.8, 4) is 17.4 Å². The first kappa shape index (κ1) is 29.1. The highest BCUT2D eigenvalue weighted by Gasteiger charge is 2.27. The van der Waals surface area contributed by atoms with Crippen LogP contribution in [0.5, 0.6) is 17.4 Å². The number of carbonyl (C=O) groups excluding carboxylic acids is 1. The highest BCUT2D eigenvalue weighted by atomic mass is 32.1. The molecular weight excluding hydrogens is 522 g/mol. The van der Waals surface area contributed by atoms with Gasteiger partial charge in [-0.1, -0.05) is 6.07 Å². The normalized spacial score (nSPS) is 14.5. The number of aromatic nitrogens is 2. The van der Waals surface area contributed by atoms with Gasteiger partial charge < -0.3 is 38.7 Å². The Morgan fingerprint density at radius 2 is 1.95 bits per heavy atom. The lowest BCUT2D eigenvalue weighted by Crippen LogP contribution is -2.44. The Morgan fingerprint density at radius 1 is 1.21 bits per heavy atom. The van der Waals surface area contributed by atoms with Gasteiger partial charge in [0.1, 0.15) is 43.0 Å². The fourth-order valence-electron chi connectivity index (χ4n) is 3.44. The lowest BCUT2D eigenvalue weighted by atomic mass is 10.1. The molecule has 0 radical (unpaired) electrons. The Hall–Kier alpha value is -3.43. The third-order valence-corrected chi connectivity index (χ3v) is 5.74. The van der Waals surface area contributed by atoms with Gasteiger partial charge in [0.15, 0.2) is 0 Å². The number of ether oxygens (including phenoxy) is 5. The van der Waals surface area contributed by atoms with Gasteiger partial charge in [0.25, 0.3) is 11.0 Å². The van der Waals surface area contributed by atoms with Crippen molar-refractivity contribution < 1.29 is 38.4 Å². The molecule has 1 N–H and O–H groups in total. The molecule has 2 aromatic rings. The van der Waals surface area contributed by atoms with E-state index in [4.69, 9.17) is 23.7 Å². The standard InChI is InChI=1S/C23H33N5O9S/c1-23(2,3)24-14-16(15-35-21-20(25-38-26-21)27-8-10-33-11-9-27)37-22(29)19-17(32-4)6-5-7-18(19)34-12-13-36-28(30)31/h5-7,16,24H,8-15H2,1-4H3/t16-/m0/s1. The van der Waals surface area contributed by atoms with Crippen LogP contribution in [0.1, 0.15) is 31.1 Å². The number of morpholine rings is 1. The molecule has 1 atom stereocenters. The fraction of sp³-hybridized carbons (Fsp3) is 0.609. The van der Waals surface area contributed by atoms with Crippen molar-refractivity contribution in [1.82, 2.24) is 14.1 Å². The van der Waals surface area contributed by atoms with Crippen LogP contribution in [0, 0.1) is 10.1 Å². The van der Waals surface area contributed by atoms with Crippen molar-refractivity contribution in [2.45, 2.75) is 32.4 Å². The second-order valence-electron chi connectivity index (χ2n) is 9.20. The summed E-state index contributed by atoms with van der Waals surface area (Å²) in [5, 5.41) is 12.8. The number of nitrogens with one attached hydrogen (secondary N) is 1. The predicted molar refractivity (Wildman–Crippen MR) is 137 cm³/mol. The van der Waals surface area contributed by atoms with Gasteiger partial charge >= 0.3 is 5.97 Å². The maximum atomic E-state index is 13.3. The zero-order valence-electron chi connectivity index (χ0n) is 21.8. The summed E-state index contributed by atoms with van der Waals surface area (Å²) in [6.07, 6.45) is -0.712. The van der Waals surface area contributed by atoms with E-state index in [-0.39, 0.29) is 42.4 Å². The zero-order chi connectivity index (χ0) is 27.5. The molecule has 1 aromatic carbocycles. The van der Waals surface area contributed by atoms with Crippen LogP contribution in [0.15, 0.2) is 18.2 Å². The Morgan fingerprint density at radius 3 is 2.63 bits per heavy atom. The summed E-state index contributed by atoms with van der Waals surface area (Å²) in [4.78, 5) is 30.1. The summed E-state index contributed by atoms with van der Waals surface area (Å²) in [5.41, 5.74) is -0.206. The lowest BCUT2D eigenvalue weighted by Gasteiger charge is -2.28. The number of anilines is 1. The monoisotopic (exact) mass is 555 g/mol. The Bertz CT molecular complexity index is 1060. The SMILES string of the molecule is COc1cccc(OCCO[N+](=O)[O-])c1C(=O)O[C@@H](CNC(C)(C)C)COc1nsnc1N1CCOCC1. The zero-order valence-corrected chi connectivity index (χ0v) is 22.7. The number of methoxy groups -OCH3 is 1. The summed E-state index contributed by atoms with van der Waals surface area (Å²) >= 11 is 1.04. The quantitative estimate of drug-likeness (QED) is 0.156. The van der Waals surface area contributed by atoms with E-state index in [0.717, 1.165) is 11.7 Å². The minimum atomic E-state index is -0.917. The average molecular weight is 556 g/mol. The van der Waals surface area contributed by atoms with E-state index >= 15 is 0 Å². The van der Waals surface area contributed by atoms with Gasteiger partial charge in [0, 0.05) is 25.2 Å². The first-order chi connectivity index (χ1) is 18.2. The van der Waals surface area contributed by atoms with Gasteiger partial charge in [-0.15, -0.1) is 14.5 Å². The molecule has 0 aliphatic carbocycles. The molecule has 14 nitrogen and oxygen atoms in total. The van der Waals surface area contributed by atoms with Gasteiger partial charge in [-0.2, -0.15) is 4.37 Å². The van der Waals surface area contributed by atoms with E-state index in [1.807, 2.05) is 25.7 Å². The molecule has 0 bridgehead atoms. The van der Waals surface area contributed by atoms with Crippen molar-refractivity contribution in [3.63, 3.8) is 0 Å². The molecule has 2 heterocycles. The summed E-state index contributed by atoms with van der Waals surface area (Å²) in [6.45, 7) is 8.35. The number of esters is 1. The van der Waals surface area contributed by atoms with Crippen molar-refractivity contribution in [2.75, 3.05) is 64.7 Å². The van der Waals surface area contributed by atoms with Crippen molar-refractivity contribution in [3.05, 3.63) is 33.9 Å². The van der Waals surface area contributed by atoms with Crippen molar-refractivity contribution in [1.29, 1.82) is 0 Å². The van der Waals surface area contributed by atoms with E-state index in [1.165, 1.54) is 7.11 Å². The van der Waals surface area contributed by atoms with Crippen LogP contribution in [0.25, 0.3) is 0 Å². The summed E-state index contributed by atoms with van der Waals surface area (Å²) in [6, 6.07) is 4.76. The van der Waals surface area contributed by atoms with E-state index < -0.39 is 17.2 Å². The first-order valence-corrected chi connectivity index (χ1v) is 12.7. The number of nitrogens with zero attached hydrogens (tertiary/aromatic N) is 4. The van der Waals surface area contributed by atoms with Gasteiger partial charge in [0.05, 0.1) is 32.1 Å². The topological polar surface area (TPSA) is 157 Å². The molecule has 38 heavy (non-hydrogen) atoms. The predicted octanol–water partition coefficient (Wildman–Crippen LogP) is 1.96. The molecule has 0 amide bonds. The van der Waals surface area contributed by atoms with Crippen molar-refractivity contribution in [2.24, 2.45) is 0 Å². The van der Waals surface area contributed by atoms with Gasteiger partial charge in [0.2, 0.25) is 5.82 Å². The number of hydrogen-bond donors (Lipinski definition) is 1. The highest BCUT2D eigenvalue weighted by Crippen LogP contribution is 2.30. The lowest BCUT2D eigenvalue weighted by molar-refractivity contribution is -0.757. The molecular formula is C23H33N5O9S. The van der Waals surface area contributed by atoms with Crippen LogP contribution in [-0.2, 0) is 14.3 Å². The fourth-order valence-corrected chi connectivity index (χ4v) is 3.96. The van der Waals surface area contributed by atoms with Crippen LogP contribution in [-0.4, -0.2) is 91.2 Å². The van der Waals surface area contributed by atoms with E-state index in [2.05, 4.69) is 18.9 Å². The Kier molecular flexibility index (Phi) is 10.7. The molecule has 1 aliphatic rings. The smallest absolute Gasteiger partial charge is 0.346 e. The van der Waals surface area contributed by atoms with Crippen LogP contribution < -0.4 is 24.4 Å². The number of carbonyl (C=O) groups is 1. The van der Waals surface area contributed by atoms with Gasteiger partial charge in [-0.25, -0.2) is 4.79 Å². The molecule has 0 unspecified atom stereocenters. The molecule has 1 saturated heterocycles. The van der Waals surface area contributed by atoms with Gasteiger partial charge in [-0.3, -0.25) is 0 Å². The first-order valence-electron chi connectivity index (χ1n) is 12.0. The molecule has 0 saturated carbocycles. The third-order valence-electron chi connectivity index (χ3n) is 5.24. The molecule has 0 spiro atoms. The maximum Gasteiger partial charge on any atom is 0.346 e. The third kappa shape index (κ3) is 8.85. The minimum Gasteiger partial charge on any atom is -0.496 e. The second kappa shape index (κ2) is 13.9. The minimum absolute atomic E-state index is 0.0135. The highest BCUT2D eigenvalue weighted by molar-refractivity contribution is 6.99. The van der Waals surface area contributed by atoms with E-state index in [0.29, 0.717) is 44.5 Å². The number of rotatable bonds is 14. The molecule has 15 heteroatoms. The van der Waals surface area contributed by atoms with E-state index in [9.17, 15) is 14.9 Å². The number of benzene rings is 1. The average Bonchev–Trinajstić information content (AvgIpc) is 3.36. The molecule has 1 fully saturated rings. The molecule has 210 valence electrons. The molecule has 1 aromatic heterocycles. The maximum absolute atomic E-state index is 13.3. The largest absolute Gasteiger partial charge is 0.496 e. The number of hydrogen-bond acceptors (Lipinski definition) is 14. The molecule has 1 aliphatic heterocycles. The van der Waals surface area contributed by atoms with E-state index in [1.54, 1.807) is 18.2 Å². The second-order valence-corrected chi connectivity index (χ2v) is 9.73. The summed E-state index contributed by atoms with van der Waals surface area (Å²) < 4.78 is 36.8. The molecule has 3 rings (SSSR count). The van der Waals surface area contributed by atoms with Crippen LogP contribution in [0.2, 0.25) is 0 Å². The van der Waals surface area contributed by atoms with Crippen LogP contribution in [0.3, 0.4) is 0 Å². The summed E-state index contributed by atoms with van der Waals surface area (Å²) in [5.74, 6) is 0.652. The summed E-state index contributed by atoms with van der Waals surface area (Å²) in [7, 11) is 1.41. The Labute approximate surface area is 224 Å². The van der Waals surface area contributed by atoms with Crippen LogP contribution in [0.4, 0.5) is 5.82 Å². The van der Waals surface area contributed by atoms with Crippen LogP contribution >= 0.6 is 11.7 Å².